The molecule has 1 aliphatic rings. The largest absolute Gasteiger partial charge is 0.484 e. The highest BCUT2D eigenvalue weighted by Gasteiger charge is 2.32. The molecule has 0 radical (unpaired) electrons. The number of rotatable bonds is 5. The van der Waals surface area contributed by atoms with E-state index in [1.165, 1.54) is 4.90 Å². The predicted molar refractivity (Wildman–Crippen MR) is 117 cm³/mol. The summed E-state index contributed by atoms with van der Waals surface area (Å²) in [7, 11) is 0. The average molecular weight is 445 g/mol. The minimum Gasteiger partial charge on any atom is -0.484 e. The molecule has 0 spiro atoms. The smallest absolute Gasteiger partial charge is 0.281 e. The number of anilines is 1. The fourth-order valence-corrected chi connectivity index (χ4v) is 3.54. The summed E-state index contributed by atoms with van der Waals surface area (Å²) >= 11 is 17.3. The van der Waals surface area contributed by atoms with Gasteiger partial charge in [0.15, 0.2) is 5.11 Å². The summed E-state index contributed by atoms with van der Waals surface area (Å²) in [6.07, 6.45) is 1.61. The maximum atomic E-state index is 12.7. The molecule has 8 heteroatoms. The third-order valence-corrected chi connectivity index (χ3v) is 4.94. The van der Waals surface area contributed by atoms with Crippen LogP contribution in [0.4, 0.5) is 5.69 Å². The van der Waals surface area contributed by atoms with Crippen LogP contribution in [0.1, 0.15) is 11.5 Å². The fraction of sp³-hybridized carbons (Fsp3) is 0.0476. The number of nitrogens with zero attached hydrogens (tertiary/aromatic N) is 1. The Morgan fingerprint density at radius 3 is 2.66 bits per heavy atom. The van der Waals surface area contributed by atoms with Gasteiger partial charge in [-0.1, -0.05) is 41.4 Å². The number of hydrogen-bond donors (Lipinski definition) is 1. The van der Waals surface area contributed by atoms with Crippen molar-refractivity contribution in [3.63, 3.8) is 0 Å². The molecule has 1 fully saturated rings. The van der Waals surface area contributed by atoms with Gasteiger partial charge in [0.1, 0.15) is 29.6 Å². The number of carbonyl (C=O) groups is 1. The SMILES string of the molecule is O=C1/C(=C\c2ccc(COc3ccc(Cl)cc3Cl)o2)NC(=S)N1c1ccccc1. The Kier molecular flexibility index (Phi) is 5.58. The molecule has 5 nitrogen and oxygen atoms in total. The molecule has 2 aromatic carbocycles. The molecule has 0 unspecified atom stereocenters. The topological polar surface area (TPSA) is 54.7 Å². The van der Waals surface area contributed by atoms with Crippen molar-refractivity contribution in [1.29, 1.82) is 0 Å². The quantitative estimate of drug-likeness (QED) is 0.420. The maximum absolute atomic E-state index is 12.7. The fourth-order valence-electron chi connectivity index (χ4n) is 2.78. The van der Waals surface area contributed by atoms with Gasteiger partial charge < -0.3 is 14.5 Å². The minimum atomic E-state index is -0.247. The number of amides is 1. The summed E-state index contributed by atoms with van der Waals surface area (Å²) < 4.78 is 11.4. The Morgan fingerprint density at radius 2 is 1.90 bits per heavy atom. The van der Waals surface area contributed by atoms with E-state index in [1.54, 1.807) is 36.4 Å². The normalized spacial score (nSPS) is 15.1. The van der Waals surface area contributed by atoms with Crippen LogP contribution in [0.5, 0.6) is 5.75 Å². The van der Waals surface area contributed by atoms with Crippen molar-refractivity contribution < 1.29 is 13.9 Å². The summed E-state index contributed by atoms with van der Waals surface area (Å²) in [5.41, 5.74) is 1.04. The van der Waals surface area contributed by atoms with Gasteiger partial charge in [0, 0.05) is 11.1 Å². The van der Waals surface area contributed by atoms with Crippen LogP contribution in [0, 0.1) is 0 Å². The molecule has 29 heavy (non-hydrogen) atoms. The first-order valence-electron chi connectivity index (χ1n) is 8.60. The Labute approximate surface area is 182 Å². The highest BCUT2D eigenvalue weighted by atomic mass is 35.5. The van der Waals surface area contributed by atoms with Gasteiger partial charge in [-0.2, -0.15) is 0 Å². The van der Waals surface area contributed by atoms with Gasteiger partial charge in [0.05, 0.1) is 10.7 Å². The molecule has 1 N–H and O–H groups in total. The molecule has 146 valence electrons. The van der Waals surface area contributed by atoms with Gasteiger partial charge in [0.25, 0.3) is 5.91 Å². The van der Waals surface area contributed by atoms with Crippen molar-refractivity contribution in [1.82, 2.24) is 5.32 Å². The third kappa shape index (κ3) is 4.29. The lowest BCUT2D eigenvalue weighted by atomic mass is 10.3. The van der Waals surface area contributed by atoms with Crippen LogP contribution >= 0.6 is 35.4 Å². The summed E-state index contributed by atoms with van der Waals surface area (Å²) in [5, 5.41) is 4.20. The molecule has 1 amide bonds. The predicted octanol–water partition coefficient (Wildman–Crippen LogP) is 5.43. The van der Waals surface area contributed by atoms with Crippen LogP contribution in [0.25, 0.3) is 6.08 Å². The van der Waals surface area contributed by atoms with Crippen LogP contribution in [-0.4, -0.2) is 11.0 Å². The molecule has 0 bridgehead atoms. The molecule has 0 saturated carbocycles. The van der Waals surface area contributed by atoms with Crippen molar-refractivity contribution in [2.75, 3.05) is 4.90 Å². The van der Waals surface area contributed by atoms with Crippen molar-refractivity contribution in [2.45, 2.75) is 6.61 Å². The number of hydrogen-bond acceptors (Lipinski definition) is 4. The first-order valence-corrected chi connectivity index (χ1v) is 9.76. The van der Waals surface area contributed by atoms with E-state index in [-0.39, 0.29) is 12.5 Å². The second-order valence-electron chi connectivity index (χ2n) is 6.13. The van der Waals surface area contributed by atoms with Crippen LogP contribution in [-0.2, 0) is 11.4 Å². The standard InChI is InChI=1S/C21H14Cl2N2O3S/c22-13-6-9-19(17(23)10-13)27-12-16-8-7-15(28-16)11-18-20(26)25(21(29)24-18)14-4-2-1-3-5-14/h1-11H,12H2,(H,24,29)/b18-11+. The molecular weight excluding hydrogens is 431 g/mol. The summed E-state index contributed by atoms with van der Waals surface area (Å²) in [6, 6.07) is 17.7. The molecule has 4 rings (SSSR count). The molecule has 2 heterocycles. The minimum absolute atomic E-state index is 0.181. The Morgan fingerprint density at radius 1 is 1.10 bits per heavy atom. The van der Waals surface area contributed by atoms with Crippen molar-refractivity contribution in [2.24, 2.45) is 0 Å². The summed E-state index contributed by atoms with van der Waals surface area (Å²) in [6.45, 7) is 0.181. The van der Waals surface area contributed by atoms with E-state index in [1.807, 2.05) is 30.3 Å². The van der Waals surface area contributed by atoms with E-state index < -0.39 is 0 Å². The summed E-state index contributed by atoms with van der Waals surface area (Å²) in [5.74, 6) is 1.34. The number of halogens is 2. The highest BCUT2D eigenvalue weighted by molar-refractivity contribution is 7.80. The zero-order valence-electron chi connectivity index (χ0n) is 14.9. The second kappa shape index (κ2) is 8.29. The Bertz CT molecular complexity index is 1110. The molecule has 1 aromatic heterocycles. The van der Waals surface area contributed by atoms with E-state index in [0.29, 0.717) is 43.8 Å². The van der Waals surface area contributed by atoms with Gasteiger partial charge in [-0.3, -0.25) is 9.69 Å². The van der Waals surface area contributed by atoms with E-state index in [2.05, 4.69) is 5.32 Å². The number of para-hydroxylation sites is 1. The van der Waals surface area contributed by atoms with Crippen molar-refractivity contribution in [3.05, 3.63) is 87.9 Å². The van der Waals surface area contributed by atoms with Crippen LogP contribution < -0.4 is 15.0 Å². The molecule has 0 atom stereocenters. The first-order chi connectivity index (χ1) is 14.0. The Balaban J connectivity index is 1.46. The monoisotopic (exact) mass is 444 g/mol. The van der Waals surface area contributed by atoms with Crippen LogP contribution in [0.15, 0.2) is 70.8 Å². The third-order valence-electron chi connectivity index (χ3n) is 4.13. The molecule has 3 aromatic rings. The van der Waals surface area contributed by atoms with Gasteiger partial charge >= 0.3 is 0 Å². The first kappa shape index (κ1) is 19.5. The second-order valence-corrected chi connectivity index (χ2v) is 7.36. The summed E-state index contributed by atoms with van der Waals surface area (Å²) in [4.78, 5) is 14.2. The Hall–Kier alpha value is -2.80. The molecule has 1 saturated heterocycles. The van der Waals surface area contributed by atoms with Gasteiger partial charge in [-0.25, -0.2) is 0 Å². The van der Waals surface area contributed by atoms with Crippen molar-refractivity contribution in [3.8, 4) is 5.75 Å². The van der Waals surface area contributed by atoms with E-state index in [9.17, 15) is 4.79 Å². The highest BCUT2D eigenvalue weighted by Crippen LogP contribution is 2.28. The van der Waals surface area contributed by atoms with E-state index in [4.69, 9.17) is 44.6 Å². The lowest BCUT2D eigenvalue weighted by Crippen LogP contribution is -2.30. The zero-order valence-corrected chi connectivity index (χ0v) is 17.2. The van der Waals surface area contributed by atoms with Crippen LogP contribution in [0.2, 0.25) is 10.0 Å². The average Bonchev–Trinajstić information content (AvgIpc) is 3.26. The van der Waals surface area contributed by atoms with E-state index >= 15 is 0 Å². The molecular formula is C21H14Cl2N2O3S. The van der Waals surface area contributed by atoms with Gasteiger partial charge in [-0.05, 0) is 54.7 Å². The number of benzene rings is 2. The number of nitrogens with one attached hydrogen (secondary N) is 1. The number of ether oxygens (including phenoxy) is 1. The van der Waals surface area contributed by atoms with Gasteiger partial charge in [0.2, 0.25) is 0 Å². The van der Waals surface area contributed by atoms with E-state index in [0.717, 1.165) is 0 Å². The number of carbonyl (C=O) groups excluding carboxylic acids is 1. The number of furan rings is 1. The van der Waals surface area contributed by atoms with Crippen molar-refractivity contribution >= 4 is 58.2 Å². The van der Waals surface area contributed by atoms with Crippen LogP contribution in [0.3, 0.4) is 0 Å². The number of thiocarbonyl (C=S) groups is 1. The molecule has 0 aliphatic carbocycles. The lowest BCUT2D eigenvalue weighted by molar-refractivity contribution is -0.113. The molecule has 1 aliphatic heterocycles. The lowest BCUT2D eigenvalue weighted by Gasteiger charge is -2.13. The zero-order chi connectivity index (χ0) is 20.4. The van der Waals surface area contributed by atoms with Gasteiger partial charge in [-0.15, -0.1) is 0 Å². The maximum Gasteiger partial charge on any atom is 0.281 e.